The van der Waals surface area contributed by atoms with Crippen LogP contribution in [0, 0.1) is 6.92 Å². The number of aromatic hydroxyl groups is 1. The molecule has 0 saturated heterocycles. The van der Waals surface area contributed by atoms with Crippen molar-refractivity contribution >= 4 is 33.2 Å². The summed E-state index contributed by atoms with van der Waals surface area (Å²) in [4.78, 5) is 0. The number of benzene rings is 2. The van der Waals surface area contributed by atoms with Gasteiger partial charge in [-0.3, -0.25) is 0 Å². The van der Waals surface area contributed by atoms with Crippen molar-refractivity contribution in [3.63, 3.8) is 0 Å². The zero-order chi connectivity index (χ0) is 14.0. The standard InChI is InChI=1S/C15H15BrClNO/c1-9-3-6-15(19)12(7-9)10(2)18-14-5-4-11(17)8-13(14)16/h3-8,10,18-19H,1-2H3. The summed E-state index contributed by atoms with van der Waals surface area (Å²) in [6.45, 7) is 4.02. The van der Waals surface area contributed by atoms with Gasteiger partial charge in [0.05, 0.1) is 6.04 Å². The summed E-state index contributed by atoms with van der Waals surface area (Å²) in [5.41, 5.74) is 2.94. The van der Waals surface area contributed by atoms with Gasteiger partial charge in [0, 0.05) is 20.7 Å². The Bertz CT molecular complexity index is 601. The zero-order valence-electron chi connectivity index (χ0n) is 10.7. The Balaban J connectivity index is 2.25. The number of phenolic OH excluding ortho intramolecular Hbond substituents is 1. The summed E-state index contributed by atoms with van der Waals surface area (Å²) in [6, 6.07) is 11.2. The lowest BCUT2D eigenvalue weighted by Gasteiger charge is -2.18. The first kappa shape index (κ1) is 14.2. The maximum Gasteiger partial charge on any atom is 0.120 e. The molecule has 2 aromatic carbocycles. The summed E-state index contributed by atoms with van der Waals surface area (Å²) in [5, 5.41) is 14.0. The predicted molar refractivity (Wildman–Crippen MR) is 84.0 cm³/mol. The molecule has 4 heteroatoms. The third-order valence-electron chi connectivity index (χ3n) is 2.95. The van der Waals surface area contributed by atoms with Crippen molar-refractivity contribution < 1.29 is 5.11 Å². The van der Waals surface area contributed by atoms with Crippen LogP contribution in [0.4, 0.5) is 5.69 Å². The van der Waals surface area contributed by atoms with E-state index in [9.17, 15) is 5.11 Å². The number of hydrogen-bond acceptors (Lipinski definition) is 2. The second-order valence-electron chi connectivity index (χ2n) is 4.55. The fraction of sp³-hybridized carbons (Fsp3) is 0.200. The van der Waals surface area contributed by atoms with E-state index in [1.165, 1.54) is 0 Å². The minimum Gasteiger partial charge on any atom is -0.508 e. The number of nitrogens with one attached hydrogen (secondary N) is 1. The lowest BCUT2D eigenvalue weighted by atomic mass is 10.0. The Labute approximate surface area is 126 Å². The molecule has 0 aliphatic carbocycles. The predicted octanol–water partition coefficient (Wildman–Crippen LogP) is 5.29. The molecule has 1 unspecified atom stereocenters. The monoisotopic (exact) mass is 339 g/mol. The van der Waals surface area contributed by atoms with Crippen LogP contribution in [0.5, 0.6) is 5.75 Å². The number of rotatable bonds is 3. The van der Waals surface area contributed by atoms with Gasteiger partial charge >= 0.3 is 0 Å². The molecule has 0 aliphatic heterocycles. The normalized spacial score (nSPS) is 12.2. The van der Waals surface area contributed by atoms with Crippen LogP contribution in [0.25, 0.3) is 0 Å². The number of anilines is 1. The van der Waals surface area contributed by atoms with Gasteiger partial charge in [-0.15, -0.1) is 0 Å². The van der Waals surface area contributed by atoms with Crippen molar-refractivity contribution in [3.05, 3.63) is 57.0 Å². The maximum atomic E-state index is 9.92. The van der Waals surface area contributed by atoms with Crippen LogP contribution in [-0.4, -0.2) is 5.11 Å². The van der Waals surface area contributed by atoms with E-state index in [1.807, 2.05) is 44.2 Å². The Hall–Kier alpha value is -1.19. The van der Waals surface area contributed by atoms with Gasteiger partial charge in [-0.1, -0.05) is 29.3 Å². The molecule has 0 fully saturated rings. The molecule has 2 nitrogen and oxygen atoms in total. The summed E-state index contributed by atoms with van der Waals surface area (Å²) in [7, 11) is 0. The maximum absolute atomic E-state index is 9.92. The van der Waals surface area contributed by atoms with E-state index in [4.69, 9.17) is 11.6 Å². The van der Waals surface area contributed by atoms with Crippen LogP contribution in [0.3, 0.4) is 0 Å². The largest absolute Gasteiger partial charge is 0.508 e. The van der Waals surface area contributed by atoms with Gasteiger partial charge in [0.25, 0.3) is 0 Å². The second-order valence-corrected chi connectivity index (χ2v) is 5.84. The SMILES string of the molecule is Cc1ccc(O)c(C(C)Nc2ccc(Cl)cc2Br)c1. The number of halogens is 2. The van der Waals surface area contributed by atoms with E-state index in [1.54, 1.807) is 6.07 Å². The molecule has 19 heavy (non-hydrogen) atoms. The first-order valence-electron chi connectivity index (χ1n) is 5.98. The highest BCUT2D eigenvalue weighted by Gasteiger charge is 2.12. The van der Waals surface area contributed by atoms with Crippen molar-refractivity contribution in [2.24, 2.45) is 0 Å². The van der Waals surface area contributed by atoms with Gasteiger partial charge in [0.2, 0.25) is 0 Å². The molecule has 0 radical (unpaired) electrons. The van der Waals surface area contributed by atoms with E-state index in [0.717, 1.165) is 21.3 Å². The summed E-state index contributed by atoms with van der Waals surface area (Å²) in [6.07, 6.45) is 0. The Morgan fingerprint density at radius 1 is 1.21 bits per heavy atom. The van der Waals surface area contributed by atoms with Crippen LogP contribution in [0.15, 0.2) is 40.9 Å². The van der Waals surface area contributed by atoms with Crippen molar-refractivity contribution in [2.75, 3.05) is 5.32 Å². The highest BCUT2D eigenvalue weighted by Crippen LogP contribution is 2.32. The van der Waals surface area contributed by atoms with Gasteiger partial charge in [-0.05, 0) is 54.0 Å². The van der Waals surface area contributed by atoms with E-state index in [0.29, 0.717) is 10.8 Å². The molecule has 0 bridgehead atoms. The minimum atomic E-state index is -0.00243. The molecule has 0 heterocycles. The Morgan fingerprint density at radius 3 is 2.63 bits per heavy atom. The van der Waals surface area contributed by atoms with Gasteiger partial charge < -0.3 is 10.4 Å². The average molecular weight is 341 g/mol. The minimum absolute atomic E-state index is 0.00243. The summed E-state index contributed by atoms with van der Waals surface area (Å²) in [5.74, 6) is 0.302. The van der Waals surface area contributed by atoms with Crippen molar-refractivity contribution in [1.29, 1.82) is 0 Å². The zero-order valence-corrected chi connectivity index (χ0v) is 13.1. The van der Waals surface area contributed by atoms with Gasteiger partial charge in [0.15, 0.2) is 0 Å². The first-order chi connectivity index (χ1) is 8.97. The molecule has 0 spiro atoms. The van der Waals surface area contributed by atoms with E-state index >= 15 is 0 Å². The molecule has 2 aromatic rings. The Kier molecular flexibility index (Phi) is 4.38. The fourth-order valence-corrected chi connectivity index (χ4v) is 2.74. The van der Waals surface area contributed by atoms with Crippen LogP contribution >= 0.6 is 27.5 Å². The third kappa shape index (κ3) is 3.43. The van der Waals surface area contributed by atoms with Gasteiger partial charge in [-0.2, -0.15) is 0 Å². The van der Waals surface area contributed by atoms with E-state index in [-0.39, 0.29) is 6.04 Å². The van der Waals surface area contributed by atoms with Crippen LogP contribution in [0.1, 0.15) is 24.1 Å². The topological polar surface area (TPSA) is 32.3 Å². The second kappa shape index (κ2) is 5.85. The van der Waals surface area contributed by atoms with E-state index in [2.05, 4.69) is 21.2 Å². The molecule has 1 atom stereocenters. The lowest BCUT2D eigenvalue weighted by molar-refractivity contribution is 0.465. The average Bonchev–Trinajstić information content (AvgIpc) is 2.35. The smallest absolute Gasteiger partial charge is 0.120 e. The van der Waals surface area contributed by atoms with Crippen molar-refractivity contribution in [1.82, 2.24) is 0 Å². The number of hydrogen-bond donors (Lipinski definition) is 2. The van der Waals surface area contributed by atoms with E-state index < -0.39 is 0 Å². The molecule has 0 aliphatic rings. The number of phenols is 1. The molecule has 0 saturated carbocycles. The number of aryl methyl sites for hydroxylation is 1. The summed E-state index contributed by atoms with van der Waals surface area (Å²) >= 11 is 9.39. The molecular weight excluding hydrogens is 326 g/mol. The van der Waals surface area contributed by atoms with Crippen LogP contribution < -0.4 is 5.32 Å². The molecular formula is C15H15BrClNO. The molecule has 100 valence electrons. The highest BCUT2D eigenvalue weighted by atomic mass is 79.9. The molecule has 0 amide bonds. The van der Waals surface area contributed by atoms with Gasteiger partial charge in [0.1, 0.15) is 5.75 Å². The molecule has 2 rings (SSSR count). The molecule has 2 N–H and O–H groups in total. The first-order valence-corrected chi connectivity index (χ1v) is 7.15. The van der Waals surface area contributed by atoms with Crippen molar-refractivity contribution in [2.45, 2.75) is 19.9 Å². The van der Waals surface area contributed by atoms with Crippen molar-refractivity contribution in [3.8, 4) is 5.75 Å². The quantitative estimate of drug-likeness (QED) is 0.795. The highest BCUT2D eigenvalue weighted by molar-refractivity contribution is 9.10. The summed E-state index contributed by atoms with van der Waals surface area (Å²) < 4.78 is 0.902. The third-order valence-corrected chi connectivity index (χ3v) is 3.84. The Morgan fingerprint density at radius 2 is 1.95 bits per heavy atom. The lowest BCUT2D eigenvalue weighted by Crippen LogP contribution is -2.07. The van der Waals surface area contributed by atoms with Crippen LogP contribution in [-0.2, 0) is 0 Å². The van der Waals surface area contributed by atoms with Gasteiger partial charge in [-0.25, -0.2) is 0 Å². The van der Waals surface area contributed by atoms with Crippen LogP contribution in [0.2, 0.25) is 5.02 Å². The molecule has 0 aromatic heterocycles. The fourth-order valence-electron chi connectivity index (χ4n) is 1.94.